The summed E-state index contributed by atoms with van der Waals surface area (Å²) in [5, 5.41) is 6.63. The van der Waals surface area contributed by atoms with E-state index in [1.165, 1.54) is 6.07 Å². The van der Waals surface area contributed by atoms with Crippen LogP contribution in [0, 0.1) is 6.92 Å². The van der Waals surface area contributed by atoms with Crippen molar-refractivity contribution < 1.29 is 22.8 Å². The molecule has 0 unspecified atom stereocenters. The Morgan fingerprint density at radius 1 is 1.21 bits per heavy atom. The van der Waals surface area contributed by atoms with Gasteiger partial charge in [0, 0.05) is 5.69 Å². The van der Waals surface area contributed by atoms with Gasteiger partial charge in [0.1, 0.15) is 5.75 Å². The second-order valence-electron chi connectivity index (χ2n) is 6.47. The molecule has 0 bridgehead atoms. The Labute approximate surface area is 166 Å². The van der Waals surface area contributed by atoms with E-state index < -0.39 is 6.61 Å². The maximum Gasteiger partial charge on any atom is 0.387 e. The van der Waals surface area contributed by atoms with Gasteiger partial charge in [-0.1, -0.05) is 35.0 Å². The molecule has 0 aliphatic rings. The Balaban J connectivity index is 1.60. The molecule has 0 saturated carbocycles. The number of nitrogens with one attached hydrogen (secondary N) is 1. The number of anilines is 1. The lowest BCUT2D eigenvalue weighted by Crippen LogP contribution is -2.29. The minimum Gasteiger partial charge on any atom is -0.434 e. The Kier molecular flexibility index (Phi) is 6.50. The summed E-state index contributed by atoms with van der Waals surface area (Å²) in [5.41, 5.74) is 2.11. The van der Waals surface area contributed by atoms with Crippen LogP contribution in [0.4, 0.5) is 14.5 Å². The maximum absolute atomic E-state index is 12.6. The first-order chi connectivity index (χ1) is 13.9. The highest BCUT2D eigenvalue weighted by molar-refractivity contribution is 5.92. The fourth-order valence-corrected chi connectivity index (χ4v) is 2.65. The second-order valence-corrected chi connectivity index (χ2v) is 6.47. The molecular formula is C20H20F2N4O3. The quantitative estimate of drug-likeness (QED) is 0.619. The van der Waals surface area contributed by atoms with E-state index in [9.17, 15) is 13.6 Å². The fourth-order valence-electron chi connectivity index (χ4n) is 2.65. The van der Waals surface area contributed by atoms with Crippen molar-refractivity contribution in [1.29, 1.82) is 0 Å². The van der Waals surface area contributed by atoms with E-state index in [1.54, 1.807) is 30.1 Å². The van der Waals surface area contributed by atoms with Crippen LogP contribution in [0.15, 0.2) is 53.1 Å². The Bertz CT molecular complexity index is 960. The number of halogens is 2. The zero-order valence-corrected chi connectivity index (χ0v) is 15.9. The van der Waals surface area contributed by atoms with Crippen molar-refractivity contribution in [2.24, 2.45) is 0 Å². The molecule has 2 aromatic carbocycles. The summed E-state index contributed by atoms with van der Waals surface area (Å²) in [6.07, 6.45) is 0. The molecule has 9 heteroatoms. The highest BCUT2D eigenvalue weighted by Gasteiger charge is 2.17. The topological polar surface area (TPSA) is 80.5 Å². The molecule has 0 aliphatic carbocycles. The first kappa shape index (κ1) is 20.4. The van der Waals surface area contributed by atoms with Gasteiger partial charge < -0.3 is 14.6 Å². The predicted molar refractivity (Wildman–Crippen MR) is 103 cm³/mol. The molecule has 0 spiro atoms. The number of aromatic nitrogens is 2. The fraction of sp³-hybridized carbons (Fsp3) is 0.250. The predicted octanol–water partition coefficient (Wildman–Crippen LogP) is 3.72. The van der Waals surface area contributed by atoms with Crippen molar-refractivity contribution in [2.45, 2.75) is 20.1 Å². The highest BCUT2D eigenvalue weighted by atomic mass is 19.3. The zero-order chi connectivity index (χ0) is 20.8. The molecule has 3 aromatic rings. The van der Waals surface area contributed by atoms with E-state index in [-0.39, 0.29) is 36.5 Å². The number of para-hydroxylation sites is 1. The van der Waals surface area contributed by atoms with Crippen molar-refractivity contribution in [3.05, 3.63) is 60.0 Å². The van der Waals surface area contributed by atoms with Crippen molar-refractivity contribution in [3.63, 3.8) is 0 Å². The van der Waals surface area contributed by atoms with Crippen LogP contribution in [-0.4, -0.2) is 41.2 Å². The summed E-state index contributed by atoms with van der Waals surface area (Å²) in [4.78, 5) is 18.1. The summed E-state index contributed by atoms with van der Waals surface area (Å²) >= 11 is 0. The third-order valence-corrected chi connectivity index (χ3v) is 3.97. The molecule has 0 aliphatic heterocycles. The average Bonchev–Trinajstić information content (AvgIpc) is 3.11. The van der Waals surface area contributed by atoms with Gasteiger partial charge in [-0.3, -0.25) is 9.69 Å². The number of hydrogen-bond acceptors (Lipinski definition) is 6. The summed E-state index contributed by atoms with van der Waals surface area (Å²) < 4.78 is 34.8. The van der Waals surface area contributed by atoms with Gasteiger partial charge in [0.2, 0.25) is 17.6 Å². The van der Waals surface area contributed by atoms with E-state index in [0.29, 0.717) is 11.3 Å². The van der Waals surface area contributed by atoms with Gasteiger partial charge in [-0.15, -0.1) is 0 Å². The highest BCUT2D eigenvalue weighted by Crippen LogP contribution is 2.28. The van der Waals surface area contributed by atoms with Crippen LogP contribution in [0.3, 0.4) is 0 Å². The summed E-state index contributed by atoms with van der Waals surface area (Å²) in [6, 6.07) is 13.7. The lowest BCUT2D eigenvalue weighted by Gasteiger charge is -2.14. The zero-order valence-electron chi connectivity index (χ0n) is 15.9. The molecule has 29 heavy (non-hydrogen) atoms. The van der Waals surface area contributed by atoms with E-state index in [4.69, 9.17) is 4.52 Å². The number of alkyl halides is 2. The van der Waals surface area contributed by atoms with Gasteiger partial charge in [-0.05, 0) is 38.2 Å². The number of benzene rings is 2. The largest absolute Gasteiger partial charge is 0.434 e. The molecular weight excluding hydrogens is 382 g/mol. The van der Waals surface area contributed by atoms with Crippen LogP contribution < -0.4 is 10.1 Å². The van der Waals surface area contributed by atoms with Crippen molar-refractivity contribution in [3.8, 4) is 17.1 Å². The first-order valence-corrected chi connectivity index (χ1v) is 8.82. The lowest BCUT2D eigenvalue weighted by molar-refractivity contribution is -0.117. The van der Waals surface area contributed by atoms with Crippen LogP contribution in [0.1, 0.15) is 11.5 Å². The average molecular weight is 402 g/mol. The van der Waals surface area contributed by atoms with Gasteiger partial charge in [-0.2, -0.15) is 13.8 Å². The van der Waals surface area contributed by atoms with Gasteiger partial charge in [-0.25, -0.2) is 0 Å². The van der Waals surface area contributed by atoms with Crippen molar-refractivity contribution >= 4 is 11.6 Å². The molecule has 0 fully saturated rings. The summed E-state index contributed by atoms with van der Waals surface area (Å²) in [7, 11) is 1.73. The minimum absolute atomic E-state index is 0.0410. The number of ether oxygens (including phenoxy) is 1. The lowest BCUT2D eigenvalue weighted by atomic mass is 10.2. The van der Waals surface area contributed by atoms with Gasteiger partial charge in [0.15, 0.2) is 0 Å². The van der Waals surface area contributed by atoms with Crippen LogP contribution >= 0.6 is 0 Å². The molecule has 7 nitrogen and oxygen atoms in total. The van der Waals surface area contributed by atoms with Crippen LogP contribution in [-0.2, 0) is 11.3 Å². The van der Waals surface area contributed by atoms with E-state index in [1.807, 2.05) is 31.2 Å². The number of likely N-dealkylation sites (N-methyl/N-ethyl adjacent to an activating group) is 1. The molecule has 3 rings (SSSR count). The van der Waals surface area contributed by atoms with Crippen molar-refractivity contribution in [1.82, 2.24) is 15.0 Å². The number of carbonyl (C=O) groups is 1. The molecule has 1 amide bonds. The standard InChI is InChI=1S/C20H20F2N4O3/c1-13-7-9-14(10-8-13)23-17(27)11-26(2)12-18-24-19(25-29-18)15-5-3-4-6-16(15)28-20(21)22/h3-10,20H,11-12H2,1-2H3,(H,23,27). The number of rotatable bonds is 8. The van der Waals surface area contributed by atoms with Gasteiger partial charge >= 0.3 is 6.61 Å². The molecule has 1 aromatic heterocycles. The van der Waals surface area contributed by atoms with E-state index in [0.717, 1.165) is 5.56 Å². The number of hydrogen-bond donors (Lipinski definition) is 1. The number of amides is 1. The number of nitrogens with zero attached hydrogens (tertiary/aromatic N) is 3. The Morgan fingerprint density at radius 2 is 1.93 bits per heavy atom. The third-order valence-electron chi connectivity index (χ3n) is 3.97. The molecule has 1 heterocycles. The molecule has 1 N–H and O–H groups in total. The molecule has 0 atom stereocenters. The molecule has 0 radical (unpaired) electrons. The minimum atomic E-state index is -2.96. The third kappa shape index (κ3) is 5.82. The Hall–Kier alpha value is -3.33. The first-order valence-electron chi connectivity index (χ1n) is 8.82. The number of carbonyl (C=O) groups excluding carboxylic acids is 1. The molecule has 0 saturated heterocycles. The van der Waals surface area contributed by atoms with E-state index in [2.05, 4.69) is 20.2 Å². The second kappa shape index (κ2) is 9.24. The van der Waals surface area contributed by atoms with Gasteiger partial charge in [0.05, 0.1) is 18.7 Å². The summed E-state index contributed by atoms with van der Waals surface area (Å²) in [6.45, 7) is -0.667. The Morgan fingerprint density at radius 3 is 2.66 bits per heavy atom. The maximum atomic E-state index is 12.6. The van der Waals surface area contributed by atoms with Crippen LogP contribution in [0.5, 0.6) is 5.75 Å². The monoisotopic (exact) mass is 402 g/mol. The SMILES string of the molecule is Cc1ccc(NC(=O)CN(C)Cc2nc(-c3ccccc3OC(F)F)no2)cc1. The smallest absolute Gasteiger partial charge is 0.387 e. The van der Waals surface area contributed by atoms with Crippen LogP contribution in [0.2, 0.25) is 0 Å². The summed E-state index contributed by atoms with van der Waals surface area (Å²) in [5.74, 6) is 0.152. The normalized spacial score (nSPS) is 11.1. The van der Waals surface area contributed by atoms with E-state index >= 15 is 0 Å². The van der Waals surface area contributed by atoms with Gasteiger partial charge in [0.25, 0.3) is 0 Å². The van der Waals surface area contributed by atoms with Crippen molar-refractivity contribution in [2.75, 3.05) is 18.9 Å². The number of aryl methyl sites for hydroxylation is 1. The molecule has 152 valence electrons. The van der Waals surface area contributed by atoms with Crippen LogP contribution in [0.25, 0.3) is 11.4 Å².